The summed E-state index contributed by atoms with van der Waals surface area (Å²) in [5.41, 5.74) is -1.06. The minimum absolute atomic E-state index is 0. The standard InChI is InChI=1S/C11H7F5N3.BF3.FH/c12-6-7(13)9(15)11(10(16)8(6)14)19-4-18-3-1-2-5(18)17-19;2-1(3)4;/h4H,1-3H2;;1H/q+1;;/p-1. The number of hydrogen-bond acceptors (Lipinski definition) is 1. The summed E-state index contributed by atoms with van der Waals surface area (Å²) < 4.78 is 97.5. The quantitative estimate of drug-likeness (QED) is 0.224. The van der Waals surface area contributed by atoms with Crippen LogP contribution in [-0.4, -0.2) is 17.3 Å². The lowest BCUT2D eigenvalue weighted by molar-refractivity contribution is -0.691. The second kappa shape index (κ2) is 7.58. The van der Waals surface area contributed by atoms with Gasteiger partial charge in [-0.25, -0.2) is 17.7 Å². The molecule has 0 unspecified atom stereocenters. The summed E-state index contributed by atoms with van der Waals surface area (Å²) in [6.07, 6.45) is 2.66. The summed E-state index contributed by atoms with van der Waals surface area (Å²) in [6, 6.07) is 0. The van der Waals surface area contributed by atoms with E-state index in [9.17, 15) is 34.9 Å². The van der Waals surface area contributed by atoms with Gasteiger partial charge in [0, 0.05) is 11.5 Å². The first-order valence-corrected chi connectivity index (χ1v) is 6.16. The zero-order valence-electron chi connectivity index (χ0n) is 11.5. The van der Waals surface area contributed by atoms with Gasteiger partial charge in [-0.05, 0) is 6.42 Å². The molecule has 2 aromatic rings. The van der Waals surface area contributed by atoms with Gasteiger partial charge in [0.1, 0.15) is 0 Å². The van der Waals surface area contributed by atoms with Gasteiger partial charge < -0.3 is 4.70 Å². The molecule has 0 saturated heterocycles. The van der Waals surface area contributed by atoms with Crippen LogP contribution in [0.5, 0.6) is 0 Å². The molecule has 0 atom stereocenters. The summed E-state index contributed by atoms with van der Waals surface area (Å²) >= 11 is 0. The highest BCUT2D eigenvalue weighted by atomic mass is 19.4. The van der Waals surface area contributed by atoms with E-state index in [2.05, 4.69) is 5.10 Å². The number of benzene rings is 1. The van der Waals surface area contributed by atoms with Gasteiger partial charge in [0.15, 0.2) is 0 Å². The molecule has 3 nitrogen and oxygen atoms in total. The van der Waals surface area contributed by atoms with Crippen molar-refractivity contribution in [1.29, 1.82) is 0 Å². The molecule has 1 aromatic heterocycles. The molecule has 1 aromatic carbocycles. The Bertz CT molecular complexity index is 681. The molecule has 0 N–H and O–H groups in total. The van der Waals surface area contributed by atoms with Gasteiger partial charge in [0.25, 0.3) is 5.82 Å². The number of nitrogens with zero attached hydrogens (tertiary/aromatic N) is 3. The molecule has 1 aliphatic heterocycles. The maximum atomic E-state index is 13.6. The van der Waals surface area contributed by atoms with Crippen LogP contribution in [0.3, 0.4) is 0 Å². The summed E-state index contributed by atoms with van der Waals surface area (Å²) in [7, 11) is -3.67. The van der Waals surface area contributed by atoms with Crippen LogP contribution in [0.25, 0.3) is 5.69 Å². The van der Waals surface area contributed by atoms with E-state index in [1.807, 2.05) is 0 Å². The molecule has 132 valence electrons. The average Bonchev–Trinajstić information content (AvgIpc) is 3.04. The fourth-order valence-corrected chi connectivity index (χ4v) is 2.10. The predicted molar refractivity (Wildman–Crippen MR) is 60.9 cm³/mol. The molecule has 2 heterocycles. The lowest BCUT2D eigenvalue weighted by Crippen LogP contribution is -3.00. The van der Waals surface area contributed by atoms with Crippen molar-refractivity contribution in [3.8, 4) is 5.69 Å². The summed E-state index contributed by atoms with van der Waals surface area (Å²) in [4.78, 5) is 0. The Morgan fingerprint density at radius 3 is 1.83 bits per heavy atom. The van der Waals surface area contributed by atoms with E-state index in [1.165, 1.54) is 6.33 Å². The van der Waals surface area contributed by atoms with Gasteiger partial charge in [0.2, 0.25) is 41.1 Å². The number of aromatic nitrogens is 3. The zero-order chi connectivity index (χ0) is 17.3. The monoisotopic (exact) mass is 363 g/mol. The molecule has 3 rings (SSSR count). The first kappa shape index (κ1) is 19.8. The van der Waals surface area contributed by atoms with Gasteiger partial charge in [-0.3, -0.25) is 12.9 Å². The van der Waals surface area contributed by atoms with Crippen molar-refractivity contribution in [2.45, 2.75) is 19.4 Å². The van der Waals surface area contributed by atoms with E-state index in [4.69, 9.17) is 0 Å². The van der Waals surface area contributed by atoms with Crippen LogP contribution in [0.2, 0.25) is 0 Å². The van der Waals surface area contributed by atoms with Gasteiger partial charge >= 0.3 is 7.54 Å². The topological polar surface area (TPSA) is 21.7 Å². The van der Waals surface area contributed by atoms with Gasteiger partial charge in [-0.15, -0.1) is 0 Å². The minimum atomic E-state index is -3.67. The fourth-order valence-electron chi connectivity index (χ4n) is 2.10. The van der Waals surface area contributed by atoms with E-state index in [1.54, 1.807) is 4.57 Å². The maximum absolute atomic E-state index is 13.6. The minimum Gasteiger partial charge on any atom is -1.00 e. The maximum Gasteiger partial charge on any atom is 0.762 e. The van der Waals surface area contributed by atoms with Crippen molar-refractivity contribution in [3.05, 3.63) is 41.2 Å². The van der Waals surface area contributed by atoms with Crippen molar-refractivity contribution in [3.63, 3.8) is 0 Å². The Labute approximate surface area is 129 Å². The van der Waals surface area contributed by atoms with E-state index in [0.717, 1.165) is 6.42 Å². The Morgan fingerprint density at radius 1 is 0.917 bits per heavy atom. The molecule has 1 aliphatic rings. The van der Waals surface area contributed by atoms with Gasteiger partial charge in [-0.2, -0.15) is 8.78 Å². The number of halogens is 9. The van der Waals surface area contributed by atoms with Crippen LogP contribution < -0.4 is 9.27 Å². The predicted octanol–water partition coefficient (Wildman–Crippen LogP) is -0.315. The Morgan fingerprint density at radius 2 is 1.38 bits per heavy atom. The van der Waals surface area contributed by atoms with Crippen molar-refractivity contribution >= 4 is 7.54 Å². The van der Waals surface area contributed by atoms with Gasteiger partial charge in [0.05, 0.1) is 6.54 Å². The van der Waals surface area contributed by atoms with Crippen LogP contribution in [0.15, 0.2) is 6.33 Å². The first-order valence-electron chi connectivity index (χ1n) is 6.16. The fraction of sp³-hybridized carbons (Fsp3) is 0.273. The van der Waals surface area contributed by atoms with Crippen molar-refractivity contribution < 1.29 is 44.2 Å². The van der Waals surface area contributed by atoms with Crippen LogP contribution in [0.1, 0.15) is 12.2 Å². The van der Waals surface area contributed by atoms with E-state index in [-0.39, 0.29) is 4.70 Å². The molecule has 0 bridgehead atoms. The number of aryl methyl sites for hydroxylation is 2. The third-order valence-electron chi connectivity index (χ3n) is 3.02. The summed E-state index contributed by atoms with van der Waals surface area (Å²) in [6.45, 7) is 0.602. The molecule has 0 saturated carbocycles. The van der Waals surface area contributed by atoms with E-state index < -0.39 is 42.3 Å². The Hall–Kier alpha value is -2.21. The molecular formula is C11H7BF9N3. The highest BCUT2D eigenvalue weighted by Gasteiger charge is 2.33. The highest BCUT2D eigenvalue weighted by molar-refractivity contribution is 6.33. The van der Waals surface area contributed by atoms with Crippen LogP contribution in [0.4, 0.5) is 34.9 Å². The molecule has 24 heavy (non-hydrogen) atoms. The third kappa shape index (κ3) is 3.65. The second-order valence-electron chi connectivity index (χ2n) is 4.44. The molecule has 0 spiro atoms. The first-order chi connectivity index (χ1) is 10.7. The van der Waals surface area contributed by atoms with Crippen molar-refractivity contribution in [2.24, 2.45) is 0 Å². The molecule has 0 aliphatic carbocycles. The lowest BCUT2D eigenvalue weighted by Gasteiger charge is -2.03. The molecule has 13 heteroatoms. The van der Waals surface area contributed by atoms with E-state index >= 15 is 0 Å². The Balaban J connectivity index is 0.000000522. The Kier molecular flexibility index (Phi) is 6.26. The van der Waals surface area contributed by atoms with Crippen LogP contribution in [-0.2, 0) is 13.0 Å². The second-order valence-corrected chi connectivity index (χ2v) is 4.44. The lowest BCUT2D eigenvalue weighted by atomic mass is 10.2. The number of hydrogen-bond donors (Lipinski definition) is 0. The van der Waals surface area contributed by atoms with Gasteiger partial charge in [-0.1, -0.05) is 4.68 Å². The van der Waals surface area contributed by atoms with Crippen molar-refractivity contribution in [1.82, 2.24) is 9.78 Å². The summed E-state index contributed by atoms with van der Waals surface area (Å²) in [5, 5.41) is 3.84. The molecular weight excluding hydrogens is 356 g/mol. The SMILES string of the molecule is FB(F)F.Fc1c(F)c(F)c(-n2c[n+]3c(n2)CCC3)c(F)c1F.[F-]. The largest absolute Gasteiger partial charge is 1.00 e. The molecule has 0 fully saturated rings. The highest BCUT2D eigenvalue weighted by Crippen LogP contribution is 2.25. The van der Waals surface area contributed by atoms with Crippen LogP contribution >= 0.6 is 0 Å². The smallest absolute Gasteiger partial charge is 0.762 e. The molecule has 0 amide bonds. The molecule has 0 radical (unpaired) electrons. The van der Waals surface area contributed by atoms with Crippen molar-refractivity contribution in [2.75, 3.05) is 0 Å². The average molecular weight is 363 g/mol. The normalized spacial score (nSPS) is 12.2. The number of fused-ring (bicyclic) bond motifs is 1. The third-order valence-corrected chi connectivity index (χ3v) is 3.02. The van der Waals surface area contributed by atoms with Crippen LogP contribution in [0, 0.1) is 29.1 Å². The van der Waals surface area contributed by atoms with E-state index in [0.29, 0.717) is 23.5 Å². The zero-order valence-corrected chi connectivity index (χ0v) is 11.5. The number of rotatable bonds is 1. The summed E-state index contributed by atoms with van der Waals surface area (Å²) in [5.74, 6) is -9.37.